The molecule has 0 bridgehead atoms. The van der Waals surface area contributed by atoms with E-state index >= 15 is 0 Å². The normalized spacial score (nSPS) is 6.09. The van der Waals surface area contributed by atoms with E-state index in [1.165, 1.54) is 0 Å². The summed E-state index contributed by atoms with van der Waals surface area (Å²) in [5.41, 5.74) is 0. The third-order valence-corrected chi connectivity index (χ3v) is 2.50. The Labute approximate surface area is 260 Å². The first-order chi connectivity index (χ1) is 15.8. The molecule has 2 heterocycles. The first-order valence-corrected chi connectivity index (χ1v) is 11.4. The number of aliphatic hydroxyl groups excluding tert-OH is 2. The van der Waals surface area contributed by atoms with Crippen LogP contribution in [0.15, 0.2) is 49.1 Å². The van der Waals surface area contributed by atoms with Gasteiger partial charge in [-0.15, -0.1) is 36.0 Å². The van der Waals surface area contributed by atoms with E-state index in [1.54, 1.807) is 6.92 Å². The number of aromatic amines is 1. The molecule has 0 radical (unpaired) electrons. The summed E-state index contributed by atoms with van der Waals surface area (Å²) in [6, 6.07) is 7.94. The van der Waals surface area contributed by atoms with Crippen molar-refractivity contribution in [2.75, 3.05) is 13.2 Å². The summed E-state index contributed by atoms with van der Waals surface area (Å²) >= 11 is 0. The molecule has 4 nitrogen and oxygen atoms in total. The van der Waals surface area contributed by atoms with E-state index in [-0.39, 0.29) is 76.4 Å². The van der Waals surface area contributed by atoms with Crippen molar-refractivity contribution in [1.82, 2.24) is 9.55 Å². The van der Waals surface area contributed by atoms with Crippen LogP contribution in [0.5, 0.6) is 0 Å². The molecule has 0 saturated carbocycles. The number of aliphatic hydroxyl groups is 2. The molecule has 0 unspecified atom stereocenters. The Morgan fingerprint density at radius 3 is 1.31 bits per heavy atom. The molecule has 0 aromatic carbocycles. The van der Waals surface area contributed by atoms with Crippen LogP contribution >= 0.6 is 0 Å². The molecule has 0 aliphatic rings. The Balaban J connectivity index is -0.0000000433. The van der Waals surface area contributed by atoms with E-state index < -0.39 is 0 Å². The van der Waals surface area contributed by atoms with E-state index in [0.29, 0.717) is 12.8 Å². The van der Waals surface area contributed by atoms with E-state index in [1.807, 2.05) is 85.1 Å². The minimum Gasteiger partial charge on any atom is -0.395 e. The summed E-state index contributed by atoms with van der Waals surface area (Å²) in [6.07, 6.45) is 14.6. The minimum absolute atomic E-state index is 0. The number of terminal acetylenes is 1. The standard InChI is InChI=1S/C9H11N.C5H8O.C4H5N.C4H6O.3C2H6.3W/c1-2-3-4-7-10-8-5-6-9-10;1-2-3-4-5-6;1-2-4-5-3-1;1-2-3-4-5;3*1-2;;;/h5-6,8-9H,4,7H2,1H3;6H,4-5H2,1H3;1-5H;1,5H,3-4H2;3*1-2H3;;;. The molecular formula is C28H48N2O2W3. The van der Waals surface area contributed by atoms with Gasteiger partial charge >= 0.3 is 0 Å². The molecule has 0 aliphatic carbocycles. The molecule has 0 aliphatic heterocycles. The summed E-state index contributed by atoms with van der Waals surface area (Å²) in [5, 5.41) is 16.0. The summed E-state index contributed by atoms with van der Waals surface area (Å²) in [4.78, 5) is 2.86. The van der Waals surface area contributed by atoms with E-state index in [0.717, 1.165) is 13.0 Å². The summed E-state index contributed by atoms with van der Waals surface area (Å²) in [6.45, 7) is 16.9. The Morgan fingerprint density at radius 2 is 1.09 bits per heavy atom. The van der Waals surface area contributed by atoms with Crippen LogP contribution < -0.4 is 0 Å². The van der Waals surface area contributed by atoms with Crippen LogP contribution in [0.1, 0.15) is 74.7 Å². The van der Waals surface area contributed by atoms with Crippen molar-refractivity contribution in [2.45, 2.75) is 81.2 Å². The number of nitrogens with one attached hydrogen (secondary N) is 1. The van der Waals surface area contributed by atoms with Gasteiger partial charge < -0.3 is 19.8 Å². The van der Waals surface area contributed by atoms with Crippen molar-refractivity contribution in [3.8, 4) is 36.0 Å². The van der Waals surface area contributed by atoms with Crippen molar-refractivity contribution < 1.29 is 73.4 Å². The fourth-order valence-electron chi connectivity index (χ4n) is 1.35. The van der Waals surface area contributed by atoms with Gasteiger partial charge in [-0.3, -0.25) is 0 Å². The quantitative estimate of drug-likeness (QED) is 0.312. The first-order valence-electron chi connectivity index (χ1n) is 11.4. The zero-order valence-corrected chi connectivity index (χ0v) is 31.8. The van der Waals surface area contributed by atoms with Crippen LogP contribution in [-0.2, 0) is 69.7 Å². The van der Waals surface area contributed by atoms with Gasteiger partial charge in [0.2, 0.25) is 0 Å². The summed E-state index contributed by atoms with van der Waals surface area (Å²) < 4.78 is 2.13. The second-order valence-electron chi connectivity index (χ2n) is 4.56. The maximum absolute atomic E-state index is 8.09. The number of aryl methyl sites for hydroxylation is 1. The van der Waals surface area contributed by atoms with Crippen molar-refractivity contribution in [3.63, 3.8) is 0 Å². The average Bonchev–Trinajstić information content (AvgIpc) is 3.61. The molecule has 35 heavy (non-hydrogen) atoms. The summed E-state index contributed by atoms with van der Waals surface area (Å²) in [7, 11) is 0. The van der Waals surface area contributed by atoms with Crippen molar-refractivity contribution in [2.24, 2.45) is 0 Å². The zero-order valence-electron chi connectivity index (χ0n) is 23.0. The van der Waals surface area contributed by atoms with Crippen molar-refractivity contribution >= 4 is 0 Å². The van der Waals surface area contributed by atoms with E-state index in [4.69, 9.17) is 16.6 Å². The number of rotatable bonds is 4. The molecule has 2 aromatic rings. The molecule has 2 aromatic heterocycles. The molecule has 3 N–H and O–H groups in total. The van der Waals surface area contributed by atoms with Gasteiger partial charge in [0.1, 0.15) is 0 Å². The molecule has 0 amide bonds. The van der Waals surface area contributed by atoms with Gasteiger partial charge in [-0.05, 0) is 38.1 Å². The van der Waals surface area contributed by atoms with Crippen LogP contribution in [0.4, 0.5) is 0 Å². The molecule has 0 saturated heterocycles. The topological polar surface area (TPSA) is 61.2 Å². The Bertz CT molecular complexity index is 629. The largest absolute Gasteiger partial charge is 0.395 e. The van der Waals surface area contributed by atoms with Crippen LogP contribution in [0, 0.1) is 36.0 Å². The number of aromatic nitrogens is 2. The molecule has 0 fully saturated rings. The molecule has 200 valence electrons. The third-order valence-electron chi connectivity index (χ3n) is 2.50. The molecular weight excluding hydrogens is 948 g/mol. The van der Waals surface area contributed by atoms with Gasteiger partial charge in [-0.2, -0.15) is 0 Å². The Kier molecular flexibility index (Phi) is 110. The fourth-order valence-corrected chi connectivity index (χ4v) is 1.35. The SMILES string of the molecule is C#CCCO.CC.CC.CC.CC#CCCO.CC#CCCn1cccc1.[W].[W].[W].c1cc[nH]c1. The maximum atomic E-state index is 8.09. The second-order valence-corrected chi connectivity index (χ2v) is 4.56. The molecule has 0 atom stereocenters. The van der Waals surface area contributed by atoms with Gasteiger partial charge in [0.15, 0.2) is 0 Å². The predicted octanol–water partition coefficient (Wildman–Crippen LogP) is 6.38. The fraction of sp³-hybridized carbons (Fsp3) is 0.500. The van der Waals surface area contributed by atoms with Gasteiger partial charge in [-0.1, -0.05) is 41.5 Å². The van der Waals surface area contributed by atoms with E-state index in [9.17, 15) is 0 Å². The van der Waals surface area contributed by atoms with E-state index in [2.05, 4.69) is 51.5 Å². The number of hydrogen-bond donors (Lipinski definition) is 3. The van der Waals surface area contributed by atoms with Gasteiger partial charge in [-0.25, -0.2) is 0 Å². The molecule has 0 spiro atoms. The van der Waals surface area contributed by atoms with Crippen LogP contribution in [0.3, 0.4) is 0 Å². The Morgan fingerprint density at radius 1 is 0.686 bits per heavy atom. The van der Waals surface area contributed by atoms with Gasteiger partial charge in [0.05, 0.1) is 13.2 Å². The molecule has 2 rings (SSSR count). The zero-order chi connectivity index (χ0) is 25.7. The first kappa shape index (κ1) is 54.9. The maximum Gasteiger partial charge on any atom is 0.0540 e. The van der Waals surface area contributed by atoms with Crippen LogP contribution in [-0.4, -0.2) is 33.0 Å². The third kappa shape index (κ3) is 71.9. The van der Waals surface area contributed by atoms with Gasteiger partial charge in [0, 0.05) is 114 Å². The van der Waals surface area contributed by atoms with Crippen LogP contribution in [0.2, 0.25) is 0 Å². The van der Waals surface area contributed by atoms with Gasteiger partial charge in [0.25, 0.3) is 0 Å². The number of nitrogens with zero attached hydrogens (tertiary/aromatic N) is 1. The second kappa shape index (κ2) is 69.9. The Hall–Kier alpha value is -0.775. The van der Waals surface area contributed by atoms with Crippen LogP contribution in [0.25, 0.3) is 0 Å². The smallest absolute Gasteiger partial charge is 0.0540 e. The minimum atomic E-state index is 0. The van der Waals surface area contributed by atoms with Crippen molar-refractivity contribution in [1.29, 1.82) is 0 Å². The summed E-state index contributed by atoms with van der Waals surface area (Å²) in [5.74, 6) is 13.5. The monoisotopic (exact) mass is 996 g/mol. The number of hydrogen-bond acceptors (Lipinski definition) is 2. The van der Waals surface area contributed by atoms with Crippen molar-refractivity contribution in [3.05, 3.63) is 49.1 Å². The molecule has 7 heteroatoms. The number of H-pyrrole nitrogens is 1. The predicted molar refractivity (Wildman–Crippen MR) is 143 cm³/mol. The average molecular weight is 996 g/mol.